The highest BCUT2D eigenvalue weighted by Crippen LogP contribution is 2.28. The quantitative estimate of drug-likeness (QED) is 0.751. The number of carbonyl (C=O) groups is 2. The molecule has 2 amide bonds. The SMILES string of the molecule is CC(C)C(NC(=O)Cc1csc(N2CCCC2=O)n1)c1ccc(C(C)(C)C)cc1. The molecule has 2 aromatic rings. The summed E-state index contributed by atoms with van der Waals surface area (Å²) in [5, 5.41) is 5.75. The largest absolute Gasteiger partial charge is 0.349 e. The molecule has 1 unspecified atom stereocenters. The maximum Gasteiger partial charge on any atom is 0.228 e. The van der Waals surface area contributed by atoms with Gasteiger partial charge < -0.3 is 5.32 Å². The van der Waals surface area contributed by atoms with Crippen LogP contribution in [0.2, 0.25) is 0 Å². The fraction of sp³-hybridized carbons (Fsp3) is 0.522. The lowest BCUT2D eigenvalue weighted by atomic mass is 9.85. The van der Waals surface area contributed by atoms with E-state index in [0.29, 0.717) is 17.2 Å². The Bertz CT molecular complexity index is 865. The summed E-state index contributed by atoms with van der Waals surface area (Å²) in [6, 6.07) is 8.49. The zero-order valence-corrected chi connectivity index (χ0v) is 18.8. The van der Waals surface area contributed by atoms with Crippen LogP contribution in [0.15, 0.2) is 29.6 Å². The Kier molecular flexibility index (Phi) is 6.42. The number of rotatable bonds is 6. The third kappa shape index (κ3) is 5.24. The van der Waals surface area contributed by atoms with Gasteiger partial charge in [-0.05, 0) is 28.9 Å². The molecule has 1 saturated heterocycles. The van der Waals surface area contributed by atoms with Crippen molar-refractivity contribution in [1.29, 1.82) is 0 Å². The number of hydrogen-bond acceptors (Lipinski definition) is 4. The highest BCUT2D eigenvalue weighted by Gasteiger charge is 2.25. The molecule has 1 atom stereocenters. The smallest absolute Gasteiger partial charge is 0.228 e. The fourth-order valence-corrected chi connectivity index (χ4v) is 4.43. The van der Waals surface area contributed by atoms with Gasteiger partial charge in [-0.25, -0.2) is 4.98 Å². The van der Waals surface area contributed by atoms with Crippen molar-refractivity contribution in [2.24, 2.45) is 5.92 Å². The summed E-state index contributed by atoms with van der Waals surface area (Å²) < 4.78 is 0. The Hall–Kier alpha value is -2.21. The van der Waals surface area contributed by atoms with Crippen LogP contribution in [0.5, 0.6) is 0 Å². The van der Waals surface area contributed by atoms with E-state index >= 15 is 0 Å². The molecule has 1 fully saturated rings. The monoisotopic (exact) mass is 413 g/mol. The van der Waals surface area contributed by atoms with Gasteiger partial charge in [-0.15, -0.1) is 11.3 Å². The molecule has 3 rings (SSSR count). The fourth-order valence-electron chi connectivity index (χ4n) is 3.57. The minimum absolute atomic E-state index is 0.0465. The van der Waals surface area contributed by atoms with Gasteiger partial charge in [0.25, 0.3) is 0 Å². The first kappa shape index (κ1) is 21.5. The molecule has 2 heterocycles. The van der Waals surface area contributed by atoms with E-state index in [1.54, 1.807) is 4.90 Å². The van der Waals surface area contributed by atoms with Crippen molar-refractivity contribution < 1.29 is 9.59 Å². The zero-order valence-electron chi connectivity index (χ0n) is 18.0. The summed E-state index contributed by atoms with van der Waals surface area (Å²) in [6.07, 6.45) is 1.68. The van der Waals surface area contributed by atoms with Crippen molar-refractivity contribution in [3.63, 3.8) is 0 Å². The van der Waals surface area contributed by atoms with Gasteiger partial charge in [0.1, 0.15) is 0 Å². The van der Waals surface area contributed by atoms with Crippen LogP contribution in [0.4, 0.5) is 5.13 Å². The Balaban J connectivity index is 1.66. The van der Waals surface area contributed by atoms with E-state index in [2.05, 4.69) is 69.2 Å². The van der Waals surface area contributed by atoms with E-state index in [1.165, 1.54) is 16.9 Å². The Labute approximate surface area is 177 Å². The summed E-state index contributed by atoms with van der Waals surface area (Å²) >= 11 is 1.43. The highest BCUT2D eigenvalue weighted by atomic mass is 32.1. The van der Waals surface area contributed by atoms with Crippen molar-refractivity contribution in [2.75, 3.05) is 11.4 Å². The van der Waals surface area contributed by atoms with Crippen LogP contribution in [0.3, 0.4) is 0 Å². The first-order valence-corrected chi connectivity index (χ1v) is 11.2. The van der Waals surface area contributed by atoms with Crippen molar-refractivity contribution in [2.45, 2.75) is 65.3 Å². The normalized spacial score (nSPS) is 15.8. The van der Waals surface area contributed by atoms with Crippen LogP contribution in [-0.4, -0.2) is 23.3 Å². The van der Waals surface area contributed by atoms with Gasteiger partial charge >= 0.3 is 0 Å². The number of hydrogen-bond donors (Lipinski definition) is 1. The van der Waals surface area contributed by atoms with E-state index < -0.39 is 0 Å². The molecule has 1 aliphatic rings. The van der Waals surface area contributed by atoms with Crippen LogP contribution < -0.4 is 10.2 Å². The van der Waals surface area contributed by atoms with Gasteiger partial charge in [-0.1, -0.05) is 58.9 Å². The molecular weight excluding hydrogens is 382 g/mol. The molecule has 0 spiro atoms. The molecule has 1 aliphatic heterocycles. The number of amides is 2. The number of anilines is 1. The third-order valence-corrected chi connectivity index (χ3v) is 6.22. The zero-order chi connectivity index (χ0) is 21.2. The number of thiazole rings is 1. The molecule has 0 bridgehead atoms. The van der Waals surface area contributed by atoms with Crippen molar-refractivity contribution in [3.05, 3.63) is 46.5 Å². The molecule has 1 N–H and O–H groups in total. The summed E-state index contributed by atoms with van der Waals surface area (Å²) in [5.74, 6) is 0.342. The summed E-state index contributed by atoms with van der Waals surface area (Å²) in [7, 11) is 0. The Morgan fingerprint density at radius 2 is 1.93 bits per heavy atom. The van der Waals surface area contributed by atoms with E-state index in [-0.39, 0.29) is 35.6 Å². The maximum absolute atomic E-state index is 12.7. The van der Waals surface area contributed by atoms with Crippen LogP contribution in [-0.2, 0) is 21.4 Å². The lowest BCUT2D eigenvalue weighted by Crippen LogP contribution is -2.33. The van der Waals surface area contributed by atoms with E-state index in [4.69, 9.17) is 0 Å². The molecule has 0 radical (unpaired) electrons. The van der Waals surface area contributed by atoms with Crippen molar-refractivity contribution >= 4 is 28.3 Å². The van der Waals surface area contributed by atoms with E-state index in [1.807, 2.05) is 5.38 Å². The van der Waals surface area contributed by atoms with Gasteiger partial charge in [0.05, 0.1) is 18.2 Å². The molecule has 6 heteroatoms. The minimum atomic E-state index is -0.0480. The minimum Gasteiger partial charge on any atom is -0.349 e. The van der Waals surface area contributed by atoms with Crippen LogP contribution in [0, 0.1) is 5.92 Å². The number of nitrogens with one attached hydrogen (secondary N) is 1. The molecule has 0 saturated carbocycles. The Morgan fingerprint density at radius 1 is 1.24 bits per heavy atom. The number of aromatic nitrogens is 1. The summed E-state index contributed by atoms with van der Waals surface area (Å²) in [5.41, 5.74) is 3.21. The van der Waals surface area contributed by atoms with E-state index in [0.717, 1.165) is 18.5 Å². The third-order valence-electron chi connectivity index (χ3n) is 5.30. The summed E-state index contributed by atoms with van der Waals surface area (Å²) in [6.45, 7) is 11.5. The standard InChI is InChI=1S/C23H31N3O2S/c1-15(2)21(16-8-10-17(11-9-16)23(3,4)5)25-19(27)13-18-14-29-22(24-18)26-12-6-7-20(26)28/h8-11,14-15,21H,6-7,12-13H2,1-5H3,(H,25,27). The van der Waals surface area contributed by atoms with Crippen LogP contribution in [0.25, 0.3) is 0 Å². The topological polar surface area (TPSA) is 62.3 Å². The van der Waals surface area contributed by atoms with Crippen molar-refractivity contribution in [3.8, 4) is 0 Å². The van der Waals surface area contributed by atoms with Gasteiger partial charge in [0.15, 0.2) is 5.13 Å². The van der Waals surface area contributed by atoms with Crippen molar-refractivity contribution in [1.82, 2.24) is 10.3 Å². The second-order valence-electron chi connectivity index (χ2n) is 9.11. The molecule has 5 nitrogen and oxygen atoms in total. The lowest BCUT2D eigenvalue weighted by Gasteiger charge is -2.25. The predicted octanol–water partition coefficient (Wildman–Crippen LogP) is 4.62. The first-order valence-electron chi connectivity index (χ1n) is 10.3. The summed E-state index contributed by atoms with van der Waals surface area (Å²) in [4.78, 5) is 30.8. The van der Waals surface area contributed by atoms with Gasteiger partial charge in [0, 0.05) is 18.3 Å². The highest BCUT2D eigenvalue weighted by molar-refractivity contribution is 7.14. The van der Waals surface area contributed by atoms with Gasteiger partial charge in [-0.3, -0.25) is 14.5 Å². The number of benzene rings is 1. The molecule has 1 aromatic heterocycles. The first-order chi connectivity index (χ1) is 13.6. The molecule has 0 aliphatic carbocycles. The molecule has 156 valence electrons. The molecule has 29 heavy (non-hydrogen) atoms. The molecule has 1 aromatic carbocycles. The lowest BCUT2D eigenvalue weighted by molar-refractivity contribution is -0.121. The second-order valence-corrected chi connectivity index (χ2v) is 9.94. The predicted molar refractivity (Wildman–Crippen MR) is 118 cm³/mol. The van der Waals surface area contributed by atoms with Gasteiger partial charge in [0.2, 0.25) is 11.8 Å². The van der Waals surface area contributed by atoms with Crippen LogP contribution >= 0.6 is 11.3 Å². The average molecular weight is 414 g/mol. The second kappa shape index (κ2) is 8.66. The number of carbonyl (C=O) groups excluding carboxylic acids is 2. The Morgan fingerprint density at radius 3 is 2.48 bits per heavy atom. The maximum atomic E-state index is 12.7. The molecular formula is C23H31N3O2S. The average Bonchev–Trinajstić information content (AvgIpc) is 3.27. The van der Waals surface area contributed by atoms with Crippen LogP contribution in [0.1, 0.15) is 70.3 Å². The number of nitrogens with zero attached hydrogens (tertiary/aromatic N) is 2. The van der Waals surface area contributed by atoms with Gasteiger partial charge in [-0.2, -0.15) is 0 Å². The van der Waals surface area contributed by atoms with E-state index in [9.17, 15) is 9.59 Å².